The van der Waals surface area contributed by atoms with Crippen molar-refractivity contribution in [2.45, 2.75) is 19.3 Å². The predicted octanol–water partition coefficient (Wildman–Crippen LogP) is 12.9. The smallest absolute Gasteiger partial charge is 0.160 e. The zero-order valence-electron chi connectivity index (χ0n) is 28.6. The maximum Gasteiger partial charge on any atom is 0.160 e. The Balaban J connectivity index is 1.25. The van der Waals surface area contributed by atoms with Crippen LogP contribution in [0.3, 0.4) is 0 Å². The van der Waals surface area contributed by atoms with E-state index in [1.54, 1.807) is 0 Å². The second kappa shape index (κ2) is 11.3. The molecule has 0 saturated carbocycles. The van der Waals surface area contributed by atoms with Crippen molar-refractivity contribution >= 4 is 32.3 Å². The summed E-state index contributed by atoms with van der Waals surface area (Å²) >= 11 is 0. The lowest BCUT2D eigenvalue weighted by molar-refractivity contribution is 0.660. The first-order valence-electron chi connectivity index (χ1n) is 17.7. The van der Waals surface area contributed by atoms with E-state index < -0.39 is 0 Å². The van der Waals surface area contributed by atoms with E-state index in [1.807, 2.05) is 6.07 Å². The Bertz CT molecular complexity index is 2830. The molecular weight excluding hydrogens is 617 g/mol. The van der Waals surface area contributed by atoms with Crippen molar-refractivity contribution in [2.24, 2.45) is 0 Å². The van der Waals surface area contributed by atoms with E-state index in [2.05, 4.69) is 178 Å². The first-order valence-corrected chi connectivity index (χ1v) is 17.7. The number of hydrogen-bond donors (Lipinski definition) is 0. The van der Waals surface area contributed by atoms with Crippen molar-refractivity contribution in [3.05, 3.63) is 181 Å². The lowest BCUT2D eigenvalue weighted by atomic mass is 9.81. The molecule has 2 heteroatoms. The molecule has 10 rings (SSSR count). The van der Waals surface area contributed by atoms with Gasteiger partial charge in [-0.05, 0) is 83.9 Å². The van der Waals surface area contributed by atoms with Gasteiger partial charge in [0.15, 0.2) is 5.82 Å². The molecule has 8 aromatic carbocycles. The van der Waals surface area contributed by atoms with Gasteiger partial charge >= 0.3 is 0 Å². The number of fused-ring (bicyclic) bond motifs is 7. The first kappa shape index (κ1) is 29.5. The van der Waals surface area contributed by atoms with E-state index in [1.165, 1.54) is 60.1 Å². The molecule has 0 unspecified atom stereocenters. The van der Waals surface area contributed by atoms with Gasteiger partial charge in [0.1, 0.15) is 0 Å². The van der Waals surface area contributed by atoms with Gasteiger partial charge in [-0.3, -0.25) is 0 Å². The number of aromatic nitrogens is 2. The van der Waals surface area contributed by atoms with Crippen LogP contribution in [0.15, 0.2) is 170 Å². The van der Waals surface area contributed by atoms with Gasteiger partial charge in [-0.1, -0.05) is 166 Å². The largest absolute Gasteiger partial charge is 0.228 e. The van der Waals surface area contributed by atoms with Crippen molar-refractivity contribution in [1.29, 1.82) is 0 Å². The topological polar surface area (TPSA) is 25.8 Å². The molecule has 1 aliphatic carbocycles. The molecule has 0 amide bonds. The van der Waals surface area contributed by atoms with E-state index in [4.69, 9.17) is 9.97 Å². The highest BCUT2D eigenvalue weighted by Crippen LogP contribution is 2.50. The summed E-state index contributed by atoms with van der Waals surface area (Å²) in [6.45, 7) is 4.68. The molecule has 0 atom stereocenters. The molecule has 0 N–H and O–H groups in total. The molecule has 2 nitrogen and oxygen atoms in total. The fourth-order valence-corrected chi connectivity index (χ4v) is 8.37. The normalized spacial score (nSPS) is 13.1. The number of hydrogen-bond acceptors (Lipinski definition) is 2. The highest BCUT2D eigenvalue weighted by molar-refractivity contribution is 6.21. The molecule has 1 aromatic heterocycles. The number of benzene rings is 8. The molecular formula is C49H34N2. The van der Waals surface area contributed by atoms with Gasteiger partial charge in [-0.25, -0.2) is 9.97 Å². The number of nitrogens with zero attached hydrogens (tertiary/aromatic N) is 2. The molecule has 0 spiro atoms. The summed E-state index contributed by atoms with van der Waals surface area (Å²) in [5, 5.41) is 7.22. The van der Waals surface area contributed by atoms with Crippen LogP contribution in [0.1, 0.15) is 25.0 Å². The number of rotatable bonds is 4. The summed E-state index contributed by atoms with van der Waals surface area (Å²) in [5.41, 5.74) is 12.7. The fourth-order valence-electron chi connectivity index (χ4n) is 8.37. The van der Waals surface area contributed by atoms with Gasteiger partial charge in [-0.15, -0.1) is 0 Å². The van der Waals surface area contributed by atoms with E-state index in [0.29, 0.717) is 5.82 Å². The van der Waals surface area contributed by atoms with E-state index in [9.17, 15) is 0 Å². The Hall–Kier alpha value is -6.38. The van der Waals surface area contributed by atoms with Crippen molar-refractivity contribution in [1.82, 2.24) is 9.97 Å². The minimum Gasteiger partial charge on any atom is -0.228 e. The summed E-state index contributed by atoms with van der Waals surface area (Å²) in [7, 11) is 0. The minimum absolute atomic E-state index is 0.0857. The second-order valence-electron chi connectivity index (χ2n) is 14.2. The summed E-state index contributed by atoms with van der Waals surface area (Å²) in [5.74, 6) is 0.713. The SMILES string of the molecule is CC1(C)c2ccccc2-c2ccc(-c3ccccc3-c3cc(-c4c5ccccc5cc5ccc6ccccc6c45)nc(-c4ccccc4)n3)cc21. The lowest BCUT2D eigenvalue weighted by Gasteiger charge is -2.22. The predicted molar refractivity (Wildman–Crippen MR) is 214 cm³/mol. The van der Waals surface area contributed by atoms with Gasteiger partial charge in [0.2, 0.25) is 0 Å². The molecule has 9 aromatic rings. The average molecular weight is 651 g/mol. The third-order valence-corrected chi connectivity index (χ3v) is 10.9. The van der Waals surface area contributed by atoms with Crippen LogP contribution in [0, 0.1) is 0 Å². The maximum absolute atomic E-state index is 5.39. The minimum atomic E-state index is -0.0857. The summed E-state index contributed by atoms with van der Waals surface area (Å²) < 4.78 is 0. The standard InChI is InChI=1S/C49H34N2/c1-49(2)42-23-13-12-21-39(42)40-27-26-34(29-43(40)49)36-18-10-11-22-41(36)44-30-45(51-48(50-44)32-15-4-3-5-16-32)47-38-20-9-7-17-33(38)28-35-25-24-31-14-6-8-19-37(31)46(35)47/h3-30H,1-2H3. The molecule has 0 radical (unpaired) electrons. The molecule has 0 fully saturated rings. The van der Waals surface area contributed by atoms with Crippen LogP contribution in [0.5, 0.6) is 0 Å². The Labute approximate surface area is 297 Å². The van der Waals surface area contributed by atoms with Crippen LogP contribution in [-0.4, -0.2) is 9.97 Å². The average Bonchev–Trinajstić information content (AvgIpc) is 3.42. The van der Waals surface area contributed by atoms with Crippen molar-refractivity contribution in [3.8, 4) is 56.2 Å². The van der Waals surface area contributed by atoms with Crippen molar-refractivity contribution in [3.63, 3.8) is 0 Å². The highest BCUT2D eigenvalue weighted by atomic mass is 14.9. The second-order valence-corrected chi connectivity index (χ2v) is 14.2. The quantitative estimate of drug-likeness (QED) is 0.140. The van der Waals surface area contributed by atoms with Crippen molar-refractivity contribution < 1.29 is 0 Å². The van der Waals surface area contributed by atoms with Gasteiger partial charge in [0.05, 0.1) is 11.4 Å². The first-order chi connectivity index (χ1) is 25.0. The zero-order chi connectivity index (χ0) is 34.1. The van der Waals surface area contributed by atoms with Gasteiger partial charge < -0.3 is 0 Å². The van der Waals surface area contributed by atoms with Gasteiger partial charge in [-0.2, -0.15) is 0 Å². The molecule has 1 heterocycles. The Morgan fingerprint density at radius 3 is 1.86 bits per heavy atom. The Morgan fingerprint density at radius 1 is 0.392 bits per heavy atom. The van der Waals surface area contributed by atoms with Crippen LogP contribution in [-0.2, 0) is 5.41 Å². The van der Waals surface area contributed by atoms with Crippen LogP contribution in [0.4, 0.5) is 0 Å². The van der Waals surface area contributed by atoms with E-state index in [-0.39, 0.29) is 5.41 Å². The van der Waals surface area contributed by atoms with Crippen LogP contribution in [0.25, 0.3) is 88.5 Å². The summed E-state index contributed by atoms with van der Waals surface area (Å²) in [6.07, 6.45) is 0. The third-order valence-electron chi connectivity index (χ3n) is 10.9. The summed E-state index contributed by atoms with van der Waals surface area (Å²) in [4.78, 5) is 10.7. The summed E-state index contributed by atoms with van der Waals surface area (Å²) in [6, 6.07) is 61.2. The molecule has 0 aliphatic heterocycles. The van der Waals surface area contributed by atoms with E-state index >= 15 is 0 Å². The maximum atomic E-state index is 5.39. The monoisotopic (exact) mass is 650 g/mol. The van der Waals surface area contributed by atoms with Crippen LogP contribution >= 0.6 is 0 Å². The van der Waals surface area contributed by atoms with Crippen LogP contribution < -0.4 is 0 Å². The van der Waals surface area contributed by atoms with Crippen LogP contribution in [0.2, 0.25) is 0 Å². The molecule has 240 valence electrons. The third kappa shape index (κ3) is 4.64. The fraction of sp³-hybridized carbons (Fsp3) is 0.0612. The molecule has 0 saturated heterocycles. The molecule has 0 bridgehead atoms. The van der Waals surface area contributed by atoms with Crippen molar-refractivity contribution in [2.75, 3.05) is 0 Å². The highest BCUT2D eigenvalue weighted by Gasteiger charge is 2.35. The van der Waals surface area contributed by atoms with E-state index in [0.717, 1.165) is 33.6 Å². The Morgan fingerprint density at radius 2 is 1.02 bits per heavy atom. The van der Waals surface area contributed by atoms with Gasteiger partial charge in [0.25, 0.3) is 0 Å². The Kier molecular flexibility index (Phi) is 6.56. The molecule has 51 heavy (non-hydrogen) atoms. The molecule has 1 aliphatic rings. The lowest BCUT2D eigenvalue weighted by Crippen LogP contribution is -2.14. The zero-order valence-corrected chi connectivity index (χ0v) is 28.6. The van der Waals surface area contributed by atoms with Gasteiger partial charge in [0, 0.05) is 22.1 Å².